The lowest BCUT2D eigenvalue weighted by molar-refractivity contribution is -0.136. The van der Waals surface area contributed by atoms with Crippen LogP contribution in [0, 0.1) is 11.3 Å². The van der Waals surface area contributed by atoms with Crippen molar-refractivity contribution in [3.63, 3.8) is 0 Å². The molecule has 0 aliphatic carbocycles. The zero-order valence-electron chi connectivity index (χ0n) is 17.6. The lowest BCUT2D eigenvalue weighted by Crippen LogP contribution is -2.52. The summed E-state index contributed by atoms with van der Waals surface area (Å²) in [6.45, 7) is 3.33. The van der Waals surface area contributed by atoms with E-state index in [0.717, 1.165) is 37.3 Å². The van der Waals surface area contributed by atoms with Gasteiger partial charge in [0.25, 0.3) is 5.91 Å². The monoisotopic (exact) mass is 418 g/mol. The first-order chi connectivity index (χ1) is 15.1. The molecule has 7 nitrogen and oxygen atoms in total. The molecule has 2 aromatic carbocycles. The minimum absolute atomic E-state index is 0.197. The van der Waals surface area contributed by atoms with Gasteiger partial charge in [-0.3, -0.25) is 9.69 Å². The summed E-state index contributed by atoms with van der Waals surface area (Å²) in [4.78, 5) is 32.0. The molecule has 31 heavy (non-hydrogen) atoms. The first-order valence-electron chi connectivity index (χ1n) is 10.5. The molecule has 0 N–H and O–H groups in total. The predicted molar refractivity (Wildman–Crippen MR) is 115 cm³/mol. The Kier molecular flexibility index (Phi) is 6.31. The molecule has 4 rings (SSSR count). The summed E-state index contributed by atoms with van der Waals surface area (Å²) < 4.78 is 5.29. The summed E-state index contributed by atoms with van der Waals surface area (Å²) in [6, 6.07) is 18.1. The van der Waals surface area contributed by atoms with E-state index in [1.54, 1.807) is 12.1 Å². The Morgan fingerprint density at radius 1 is 1.10 bits per heavy atom. The molecular weight excluding hydrogens is 392 g/mol. The van der Waals surface area contributed by atoms with E-state index in [1.165, 1.54) is 4.90 Å². The minimum Gasteiger partial charge on any atom is -0.447 e. The second-order valence-corrected chi connectivity index (χ2v) is 8.10. The van der Waals surface area contributed by atoms with Crippen LogP contribution < -0.4 is 0 Å². The molecule has 2 aliphatic rings. The van der Waals surface area contributed by atoms with Gasteiger partial charge in [-0.15, -0.1) is 0 Å². The van der Waals surface area contributed by atoms with Gasteiger partial charge in [0.05, 0.1) is 17.7 Å². The topological polar surface area (TPSA) is 76.9 Å². The maximum atomic E-state index is 13.8. The Morgan fingerprint density at radius 2 is 1.77 bits per heavy atom. The van der Waals surface area contributed by atoms with Crippen LogP contribution in [0.5, 0.6) is 0 Å². The van der Waals surface area contributed by atoms with Crippen molar-refractivity contribution in [2.24, 2.45) is 0 Å². The number of hydrogen-bond donors (Lipinski definition) is 0. The van der Waals surface area contributed by atoms with Crippen molar-refractivity contribution in [3.8, 4) is 6.07 Å². The Labute approximate surface area is 182 Å². The fraction of sp³-hybridized carbons (Fsp3) is 0.375. The molecule has 0 aromatic heterocycles. The van der Waals surface area contributed by atoms with E-state index in [-0.39, 0.29) is 18.6 Å². The van der Waals surface area contributed by atoms with E-state index in [2.05, 4.69) is 22.9 Å². The number of piperazine rings is 1. The van der Waals surface area contributed by atoms with E-state index in [9.17, 15) is 9.59 Å². The molecule has 2 aromatic rings. The van der Waals surface area contributed by atoms with Gasteiger partial charge in [-0.2, -0.15) is 5.26 Å². The first kappa shape index (κ1) is 21.0. The maximum absolute atomic E-state index is 13.8. The molecular formula is C24H26N4O3. The summed E-state index contributed by atoms with van der Waals surface area (Å²) in [5, 5.41) is 9.13. The van der Waals surface area contributed by atoms with E-state index in [1.807, 2.05) is 42.5 Å². The standard InChI is InChI=1S/C24H26N4O3/c1-26-11-13-27(14-12-26)22(20-9-7-19(16-25)8-10-20)23(29)28-21(17-31-24(28)30)15-18-5-3-2-4-6-18/h2-10,21-22H,11-15,17H2,1H3/t21-,22+/m0/s1. The molecule has 0 saturated carbocycles. The Bertz CT molecular complexity index is 963. The third-order valence-corrected chi connectivity index (χ3v) is 6.01. The van der Waals surface area contributed by atoms with Crippen LogP contribution in [0.3, 0.4) is 0 Å². The summed E-state index contributed by atoms with van der Waals surface area (Å²) in [5.74, 6) is -0.266. The number of nitrogens with zero attached hydrogens (tertiary/aromatic N) is 4. The molecule has 2 amide bonds. The van der Waals surface area contributed by atoms with Gasteiger partial charge in [0.2, 0.25) is 0 Å². The van der Waals surface area contributed by atoms with Crippen molar-refractivity contribution < 1.29 is 14.3 Å². The van der Waals surface area contributed by atoms with Gasteiger partial charge in [-0.25, -0.2) is 9.69 Å². The Morgan fingerprint density at radius 3 is 2.42 bits per heavy atom. The molecule has 0 radical (unpaired) electrons. The average molecular weight is 418 g/mol. The minimum atomic E-state index is -0.592. The lowest BCUT2D eigenvalue weighted by Gasteiger charge is -2.38. The normalized spacial score (nSPS) is 20.8. The third kappa shape index (κ3) is 4.61. The molecule has 160 valence electrons. The van der Waals surface area contributed by atoms with Crippen LogP contribution in [0.4, 0.5) is 4.79 Å². The molecule has 2 aliphatic heterocycles. The number of benzene rings is 2. The van der Waals surface area contributed by atoms with Gasteiger partial charge < -0.3 is 9.64 Å². The number of rotatable bonds is 5. The summed E-state index contributed by atoms with van der Waals surface area (Å²) in [5.41, 5.74) is 2.38. The highest BCUT2D eigenvalue weighted by Crippen LogP contribution is 2.29. The first-order valence-corrected chi connectivity index (χ1v) is 10.5. The van der Waals surface area contributed by atoms with E-state index < -0.39 is 12.1 Å². The second kappa shape index (κ2) is 9.29. The zero-order chi connectivity index (χ0) is 21.8. The Balaban J connectivity index is 1.63. The fourth-order valence-corrected chi connectivity index (χ4v) is 4.23. The smallest absolute Gasteiger partial charge is 0.417 e. The van der Waals surface area contributed by atoms with Crippen LogP contribution in [0.2, 0.25) is 0 Å². The number of cyclic esters (lactones) is 1. The van der Waals surface area contributed by atoms with Crippen molar-refractivity contribution in [1.82, 2.24) is 14.7 Å². The molecule has 7 heteroatoms. The Hall–Kier alpha value is -3.21. The van der Waals surface area contributed by atoms with Gasteiger partial charge >= 0.3 is 6.09 Å². The van der Waals surface area contributed by atoms with Crippen LogP contribution in [-0.4, -0.2) is 72.6 Å². The summed E-state index contributed by atoms with van der Waals surface area (Å²) >= 11 is 0. The van der Waals surface area contributed by atoms with Crippen molar-refractivity contribution in [1.29, 1.82) is 5.26 Å². The SMILES string of the molecule is CN1CCN([C@@H](C(=O)N2C(=O)OC[C@@H]2Cc2ccccc2)c2ccc(C#N)cc2)CC1. The average Bonchev–Trinajstić information content (AvgIpc) is 3.16. The van der Waals surface area contributed by atoms with Crippen LogP contribution in [0.1, 0.15) is 22.7 Å². The van der Waals surface area contributed by atoms with Gasteiger partial charge in [-0.1, -0.05) is 42.5 Å². The predicted octanol–water partition coefficient (Wildman–Crippen LogP) is 2.44. The highest BCUT2D eigenvalue weighted by Gasteiger charge is 2.43. The fourth-order valence-electron chi connectivity index (χ4n) is 4.23. The van der Waals surface area contributed by atoms with Gasteiger partial charge in [-0.05, 0) is 36.7 Å². The van der Waals surface area contributed by atoms with Crippen LogP contribution >= 0.6 is 0 Å². The van der Waals surface area contributed by atoms with Gasteiger partial charge in [0.1, 0.15) is 12.6 Å². The largest absolute Gasteiger partial charge is 0.447 e. The van der Waals surface area contributed by atoms with Crippen LogP contribution in [0.25, 0.3) is 0 Å². The molecule has 2 fully saturated rings. The number of nitriles is 1. The van der Waals surface area contributed by atoms with Gasteiger partial charge in [0, 0.05) is 26.2 Å². The van der Waals surface area contributed by atoms with E-state index in [0.29, 0.717) is 12.0 Å². The molecule has 0 spiro atoms. The molecule has 2 saturated heterocycles. The number of amides is 2. The molecule has 2 atom stereocenters. The number of imide groups is 1. The van der Waals surface area contributed by atoms with E-state index in [4.69, 9.17) is 10.00 Å². The second-order valence-electron chi connectivity index (χ2n) is 8.10. The molecule has 0 unspecified atom stereocenters. The van der Waals surface area contributed by atoms with E-state index >= 15 is 0 Å². The van der Waals surface area contributed by atoms with Crippen molar-refractivity contribution in [2.45, 2.75) is 18.5 Å². The number of hydrogen-bond acceptors (Lipinski definition) is 6. The number of carbonyl (C=O) groups excluding carboxylic acids is 2. The lowest BCUT2D eigenvalue weighted by atomic mass is 9.99. The van der Waals surface area contributed by atoms with Gasteiger partial charge in [0.15, 0.2) is 0 Å². The van der Waals surface area contributed by atoms with Crippen molar-refractivity contribution in [2.75, 3.05) is 39.8 Å². The number of ether oxygens (including phenoxy) is 1. The van der Waals surface area contributed by atoms with Crippen molar-refractivity contribution >= 4 is 12.0 Å². The molecule has 2 heterocycles. The van der Waals surface area contributed by atoms with Crippen molar-refractivity contribution in [3.05, 3.63) is 71.3 Å². The zero-order valence-corrected chi connectivity index (χ0v) is 17.6. The number of carbonyl (C=O) groups is 2. The third-order valence-electron chi connectivity index (χ3n) is 6.01. The summed E-state index contributed by atoms with van der Waals surface area (Å²) in [7, 11) is 2.06. The summed E-state index contributed by atoms with van der Waals surface area (Å²) in [6.07, 6.45) is -0.0278. The van der Waals surface area contributed by atoms with Crippen LogP contribution in [-0.2, 0) is 16.0 Å². The number of likely N-dealkylation sites (N-methyl/N-ethyl adjacent to an activating group) is 1. The highest BCUT2D eigenvalue weighted by atomic mass is 16.6. The quantitative estimate of drug-likeness (QED) is 0.742. The maximum Gasteiger partial charge on any atom is 0.417 e. The van der Waals surface area contributed by atoms with Crippen LogP contribution in [0.15, 0.2) is 54.6 Å². The highest BCUT2D eigenvalue weighted by molar-refractivity contribution is 5.97. The molecule has 0 bridgehead atoms.